The molecule has 8 nitrogen and oxygen atoms in total. The molecule has 3 heterocycles. The van der Waals surface area contributed by atoms with Crippen LogP contribution in [0.15, 0.2) is 38.6 Å². The Balaban J connectivity index is 1.53. The van der Waals surface area contributed by atoms with Gasteiger partial charge in [0.25, 0.3) is 15.6 Å². The highest BCUT2D eigenvalue weighted by Crippen LogP contribution is 2.22. The van der Waals surface area contributed by atoms with E-state index in [1.165, 1.54) is 37.1 Å². The monoisotopic (exact) mass is 380 g/mol. The average molecular weight is 380 g/mol. The number of sulfonamides is 1. The van der Waals surface area contributed by atoms with E-state index in [2.05, 4.69) is 26.7 Å². The summed E-state index contributed by atoms with van der Waals surface area (Å²) < 4.78 is 32.6. The van der Waals surface area contributed by atoms with Crippen molar-refractivity contribution in [3.05, 3.63) is 34.6 Å². The van der Waals surface area contributed by atoms with Crippen molar-refractivity contribution in [1.29, 1.82) is 0 Å². The standard InChI is InChI=1S/C17H24N4O4S/c1-13-4-2-10-21(12-13)11-3-9-18-26(23,24)17-8-6-15(25-17)14-5-7-16(22)20-19-14/h5-8,13,18H,2-4,9-12H2,1H3,(H,20,22). The van der Waals surface area contributed by atoms with Crippen LogP contribution in [0.4, 0.5) is 0 Å². The second kappa shape index (κ2) is 8.15. The minimum atomic E-state index is -3.70. The highest BCUT2D eigenvalue weighted by molar-refractivity contribution is 7.89. The fourth-order valence-corrected chi connectivity index (χ4v) is 4.16. The zero-order valence-electron chi connectivity index (χ0n) is 14.8. The Labute approximate surface area is 152 Å². The van der Waals surface area contributed by atoms with E-state index in [4.69, 9.17) is 4.42 Å². The summed E-state index contributed by atoms with van der Waals surface area (Å²) in [5.74, 6) is 0.993. The van der Waals surface area contributed by atoms with Gasteiger partial charge in [-0.1, -0.05) is 6.92 Å². The SMILES string of the molecule is CC1CCCN(CCCNS(=O)(=O)c2ccc(-c3ccc(=O)[nH]n3)o2)C1. The van der Waals surface area contributed by atoms with Crippen molar-refractivity contribution in [3.8, 4) is 11.5 Å². The maximum absolute atomic E-state index is 12.3. The van der Waals surface area contributed by atoms with E-state index in [-0.39, 0.29) is 16.4 Å². The molecule has 0 radical (unpaired) electrons. The highest BCUT2D eigenvalue weighted by Gasteiger charge is 2.20. The van der Waals surface area contributed by atoms with Crippen molar-refractivity contribution >= 4 is 10.0 Å². The van der Waals surface area contributed by atoms with Gasteiger partial charge in [-0.2, -0.15) is 5.10 Å². The Morgan fingerprint density at radius 3 is 2.92 bits per heavy atom. The molecule has 1 fully saturated rings. The average Bonchev–Trinajstić information content (AvgIpc) is 3.11. The molecule has 0 bridgehead atoms. The first kappa shape index (κ1) is 18.8. The number of H-pyrrole nitrogens is 1. The predicted octanol–water partition coefficient (Wildman–Crippen LogP) is 1.43. The second-order valence-corrected chi connectivity index (χ2v) is 8.42. The first-order valence-electron chi connectivity index (χ1n) is 8.82. The zero-order valence-corrected chi connectivity index (χ0v) is 15.6. The van der Waals surface area contributed by atoms with Crippen LogP contribution in [-0.2, 0) is 10.0 Å². The summed E-state index contributed by atoms with van der Waals surface area (Å²) in [6, 6.07) is 5.68. The van der Waals surface area contributed by atoms with Crippen LogP contribution in [0.5, 0.6) is 0 Å². The molecule has 0 aromatic carbocycles. The lowest BCUT2D eigenvalue weighted by Gasteiger charge is -2.30. The molecular formula is C17H24N4O4S. The van der Waals surface area contributed by atoms with Gasteiger partial charge in [-0.3, -0.25) is 4.79 Å². The fourth-order valence-electron chi connectivity index (χ4n) is 3.15. The number of furan rings is 1. The molecule has 0 amide bonds. The summed E-state index contributed by atoms with van der Waals surface area (Å²) >= 11 is 0. The van der Waals surface area contributed by atoms with E-state index in [0.29, 0.717) is 18.2 Å². The summed E-state index contributed by atoms with van der Waals surface area (Å²) in [4.78, 5) is 13.4. The molecular weight excluding hydrogens is 356 g/mol. The second-order valence-electron chi connectivity index (χ2n) is 6.72. The maximum Gasteiger partial charge on any atom is 0.273 e. The first-order chi connectivity index (χ1) is 12.4. The van der Waals surface area contributed by atoms with E-state index in [1.807, 2.05) is 0 Å². The number of piperidine rings is 1. The van der Waals surface area contributed by atoms with Crippen molar-refractivity contribution < 1.29 is 12.8 Å². The fraction of sp³-hybridized carbons (Fsp3) is 0.529. The highest BCUT2D eigenvalue weighted by atomic mass is 32.2. The third-order valence-corrected chi connectivity index (χ3v) is 5.80. The number of nitrogens with zero attached hydrogens (tertiary/aromatic N) is 2. The third kappa shape index (κ3) is 4.80. The molecule has 1 atom stereocenters. The lowest BCUT2D eigenvalue weighted by molar-refractivity contribution is 0.182. The van der Waals surface area contributed by atoms with Gasteiger partial charge in [0.15, 0.2) is 5.76 Å². The summed E-state index contributed by atoms with van der Waals surface area (Å²) in [5, 5.41) is 5.95. The number of nitrogens with one attached hydrogen (secondary N) is 2. The number of aromatic amines is 1. The van der Waals surface area contributed by atoms with Gasteiger partial charge >= 0.3 is 0 Å². The van der Waals surface area contributed by atoms with E-state index in [9.17, 15) is 13.2 Å². The molecule has 0 aliphatic carbocycles. The van der Waals surface area contributed by atoms with E-state index in [1.54, 1.807) is 0 Å². The molecule has 142 valence electrons. The van der Waals surface area contributed by atoms with Gasteiger partial charge in [0.05, 0.1) is 0 Å². The molecule has 2 aromatic rings. The van der Waals surface area contributed by atoms with Crippen molar-refractivity contribution in [2.75, 3.05) is 26.2 Å². The Kier molecular flexibility index (Phi) is 5.90. The summed E-state index contributed by atoms with van der Waals surface area (Å²) in [6.45, 7) is 5.67. The lowest BCUT2D eigenvalue weighted by Crippen LogP contribution is -2.36. The number of hydrogen-bond donors (Lipinski definition) is 2. The van der Waals surface area contributed by atoms with E-state index >= 15 is 0 Å². The summed E-state index contributed by atoms with van der Waals surface area (Å²) in [5.41, 5.74) is 0.0307. The van der Waals surface area contributed by atoms with Gasteiger partial charge in [-0.05, 0) is 56.5 Å². The van der Waals surface area contributed by atoms with Crippen LogP contribution in [0.1, 0.15) is 26.2 Å². The van der Waals surface area contributed by atoms with Crippen LogP contribution in [0, 0.1) is 5.92 Å². The molecule has 0 saturated carbocycles. The molecule has 1 aliphatic heterocycles. The molecule has 1 unspecified atom stereocenters. The minimum absolute atomic E-state index is 0.160. The number of aromatic nitrogens is 2. The number of rotatable bonds is 7. The van der Waals surface area contributed by atoms with Crippen molar-refractivity contribution in [3.63, 3.8) is 0 Å². The van der Waals surface area contributed by atoms with Crippen molar-refractivity contribution in [2.24, 2.45) is 5.92 Å². The molecule has 3 rings (SSSR count). The number of hydrogen-bond acceptors (Lipinski definition) is 6. The normalized spacial score (nSPS) is 18.9. The topological polar surface area (TPSA) is 108 Å². The smallest absolute Gasteiger partial charge is 0.273 e. The van der Waals surface area contributed by atoms with Gasteiger partial charge in [0, 0.05) is 19.2 Å². The molecule has 26 heavy (non-hydrogen) atoms. The summed E-state index contributed by atoms with van der Waals surface area (Å²) in [7, 11) is -3.70. The van der Waals surface area contributed by atoms with Gasteiger partial charge < -0.3 is 9.32 Å². The Morgan fingerprint density at radius 2 is 2.19 bits per heavy atom. The quantitative estimate of drug-likeness (QED) is 0.704. The van der Waals surface area contributed by atoms with Crippen molar-refractivity contribution in [1.82, 2.24) is 19.8 Å². The third-order valence-electron chi connectivity index (χ3n) is 4.46. The molecule has 2 aromatic heterocycles. The van der Waals surface area contributed by atoms with E-state index in [0.717, 1.165) is 26.1 Å². The van der Waals surface area contributed by atoms with Gasteiger partial charge in [0.2, 0.25) is 5.09 Å². The lowest BCUT2D eigenvalue weighted by atomic mass is 10.0. The number of likely N-dealkylation sites (tertiary alicyclic amines) is 1. The van der Waals surface area contributed by atoms with Gasteiger partial charge in [0.1, 0.15) is 5.69 Å². The first-order valence-corrected chi connectivity index (χ1v) is 10.3. The van der Waals surface area contributed by atoms with Gasteiger partial charge in [-0.25, -0.2) is 18.2 Å². The molecule has 0 spiro atoms. The minimum Gasteiger partial charge on any atom is -0.442 e. The van der Waals surface area contributed by atoms with Gasteiger partial charge in [-0.15, -0.1) is 0 Å². The molecule has 9 heteroatoms. The molecule has 1 saturated heterocycles. The largest absolute Gasteiger partial charge is 0.442 e. The zero-order chi connectivity index (χ0) is 18.6. The van der Waals surface area contributed by atoms with E-state index < -0.39 is 10.0 Å². The van der Waals surface area contributed by atoms with Crippen molar-refractivity contribution in [2.45, 2.75) is 31.3 Å². The molecule has 1 aliphatic rings. The summed E-state index contributed by atoms with van der Waals surface area (Å²) in [6.07, 6.45) is 3.23. The maximum atomic E-state index is 12.3. The van der Waals surface area contributed by atoms with Crippen LogP contribution in [0.2, 0.25) is 0 Å². The Morgan fingerprint density at radius 1 is 1.35 bits per heavy atom. The Hall–Kier alpha value is -1.97. The van der Waals surface area contributed by atoms with Crippen LogP contribution < -0.4 is 10.3 Å². The predicted molar refractivity (Wildman–Crippen MR) is 97.2 cm³/mol. The van der Waals surface area contributed by atoms with Crippen LogP contribution in [-0.4, -0.2) is 49.7 Å². The Bertz CT molecular complexity index is 870. The molecule has 2 N–H and O–H groups in total. The van der Waals surface area contributed by atoms with Crippen LogP contribution in [0.3, 0.4) is 0 Å². The van der Waals surface area contributed by atoms with Crippen LogP contribution in [0.25, 0.3) is 11.5 Å². The van der Waals surface area contributed by atoms with Crippen LogP contribution >= 0.6 is 0 Å².